The molecule has 0 atom stereocenters. The molecule has 0 aliphatic heterocycles. The van der Waals surface area contributed by atoms with Gasteiger partial charge >= 0.3 is 5.97 Å². The first-order valence-electron chi connectivity index (χ1n) is 7.47. The van der Waals surface area contributed by atoms with Crippen molar-refractivity contribution in [2.45, 2.75) is 11.8 Å². The number of anilines is 1. The van der Waals surface area contributed by atoms with E-state index in [1.807, 2.05) is 0 Å². The average Bonchev–Trinajstić information content (AvgIpc) is 2.59. The number of halogens is 1. The fraction of sp³-hybridized carbons (Fsp3) is 0.0556. The van der Waals surface area contributed by atoms with Crippen LogP contribution >= 0.6 is 15.9 Å². The van der Waals surface area contributed by atoms with E-state index in [0.29, 0.717) is 15.4 Å². The number of carbonyl (C=O) groups is 1. The molecule has 3 aromatic rings. The zero-order valence-electron chi connectivity index (χ0n) is 13.5. The third-order valence-electron chi connectivity index (χ3n) is 3.99. The number of phenolic OH excluding ortho intramolecular Hbond substituents is 1. The SMILES string of the molecule is Cc1c(O)cc(Br)c2cc(S(=O)(=O)Nc3ccc(C(=O)O)cc3)ccc12. The van der Waals surface area contributed by atoms with Crippen molar-refractivity contribution in [3.63, 3.8) is 0 Å². The van der Waals surface area contributed by atoms with Gasteiger partial charge in [0.2, 0.25) is 0 Å². The van der Waals surface area contributed by atoms with Crippen molar-refractivity contribution in [3.05, 3.63) is 64.1 Å². The first kappa shape index (κ1) is 18.2. The van der Waals surface area contributed by atoms with Crippen LogP contribution in [-0.2, 0) is 10.0 Å². The van der Waals surface area contributed by atoms with Crippen LogP contribution in [-0.4, -0.2) is 24.6 Å². The molecule has 0 saturated heterocycles. The number of hydrogen-bond donors (Lipinski definition) is 3. The van der Waals surface area contributed by atoms with Gasteiger partial charge in [-0.1, -0.05) is 22.0 Å². The van der Waals surface area contributed by atoms with Crippen LogP contribution < -0.4 is 4.72 Å². The maximum Gasteiger partial charge on any atom is 0.335 e. The number of aromatic carboxylic acids is 1. The van der Waals surface area contributed by atoms with Crippen LogP contribution in [0.1, 0.15) is 15.9 Å². The molecule has 0 bridgehead atoms. The summed E-state index contributed by atoms with van der Waals surface area (Å²) < 4.78 is 28.3. The number of nitrogens with one attached hydrogen (secondary N) is 1. The molecule has 3 aromatic carbocycles. The molecule has 26 heavy (non-hydrogen) atoms. The predicted octanol–water partition coefficient (Wildman–Crippen LogP) is 4.12. The molecule has 0 fully saturated rings. The lowest BCUT2D eigenvalue weighted by molar-refractivity contribution is 0.0697. The normalized spacial score (nSPS) is 11.5. The van der Waals surface area contributed by atoms with Gasteiger partial charge in [0.1, 0.15) is 5.75 Å². The smallest absolute Gasteiger partial charge is 0.335 e. The minimum Gasteiger partial charge on any atom is -0.508 e. The monoisotopic (exact) mass is 435 g/mol. The predicted molar refractivity (Wildman–Crippen MR) is 102 cm³/mol. The number of benzene rings is 3. The number of carboxylic acids is 1. The van der Waals surface area contributed by atoms with E-state index in [9.17, 15) is 18.3 Å². The summed E-state index contributed by atoms with van der Waals surface area (Å²) in [6, 6.07) is 11.5. The quantitative estimate of drug-likeness (QED) is 0.571. The zero-order valence-corrected chi connectivity index (χ0v) is 15.9. The molecule has 0 spiro atoms. The molecule has 8 heteroatoms. The van der Waals surface area contributed by atoms with Crippen LogP contribution in [0.2, 0.25) is 0 Å². The van der Waals surface area contributed by atoms with Crippen LogP contribution in [0.4, 0.5) is 5.69 Å². The van der Waals surface area contributed by atoms with Gasteiger partial charge in [0.05, 0.1) is 10.5 Å². The molecule has 0 amide bonds. The van der Waals surface area contributed by atoms with Crippen molar-refractivity contribution in [1.82, 2.24) is 0 Å². The lowest BCUT2D eigenvalue weighted by atomic mass is 10.0. The number of phenols is 1. The highest BCUT2D eigenvalue weighted by Crippen LogP contribution is 2.34. The Morgan fingerprint density at radius 2 is 1.69 bits per heavy atom. The van der Waals surface area contributed by atoms with Gasteiger partial charge in [0.25, 0.3) is 10.0 Å². The van der Waals surface area contributed by atoms with E-state index >= 15 is 0 Å². The summed E-state index contributed by atoms with van der Waals surface area (Å²) >= 11 is 3.34. The van der Waals surface area contributed by atoms with Crippen molar-refractivity contribution in [3.8, 4) is 5.75 Å². The first-order chi connectivity index (χ1) is 12.2. The van der Waals surface area contributed by atoms with Gasteiger partial charge in [0, 0.05) is 10.2 Å². The maximum atomic E-state index is 12.6. The third kappa shape index (κ3) is 3.38. The number of hydrogen-bond acceptors (Lipinski definition) is 4. The van der Waals surface area contributed by atoms with Gasteiger partial charge in [-0.2, -0.15) is 0 Å². The Morgan fingerprint density at radius 1 is 1.04 bits per heavy atom. The Balaban J connectivity index is 2.00. The summed E-state index contributed by atoms with van der Waals surface area (Å²) in [4.78, 5) is 10.9. The molecule has 0 saturated carbocycles. The fourth-order valence-electron chi connectivity index (χ4n) is 2.55. The summed E-state index contributed by atoms with van der Waals surface area (Å²) in [5.74, 6) is -0.964. The molecule has 3 rings (SSSR count). The van der Waals surface area contributed by atoms with Crippen LogP contribution in [0.15, 0.2) is 57.9 Å². The highest BCUT2D eigenvalue weighted by Gasteiger charge is 2.17. The summed E-state index contributed by atoms with van der Waals surface area (Å²) in [7, 11) is -3.86. The number of fused-ring (bicyclic) bond motifs is 1. The van der Waals surface area contributed by atoms with E-state index in [0.717, 1.165) is 5.39 Å². The third-order valence-corrected chi connectivity index (χ3v) is 6.03. The minimum absolute atomic E-state index is 0.0538. The molecule has 134 valence electrons. The maximum absolute atomic E-state index is 12.6. The molecule has 3 N–H and O–H groups in total. The van der Waals surface area contributed by atoms with Crippen molar-refractivity contribution in [2.75, 3.05) is 4.72 Å². The van der Waals surface area contributed by atoms with E-state index in [1.54, 1.807) is 13.0 Å². The van der Waals surface area contributed by atoms with Crippen LogP contribution in [0.3, 0.4) is 0 Å². The number of aryl methyl sites for hydroxylation is 1. The Morgan fingerprint density at radius 3 is 2.31 bits per heavy atom. The number of rotatable bonds is 4. The number of carboxylic acid groups (broad SMARTS) is 1. The van der Waals surface area contributed by atoms with Gasteiger partial charge in [-0.15, -0.1) is 0 Å². The van der Waals surface area contributed by atoms with E-state index in [4.69, 9.17) is 5.11 Å². The van der Waals surface area contributed by atoms with Crippen molar-refractivity contribution in [2.24, 2.45) is 0 Å². The second-order valence-electron chi connectivity index (χ2n) is 5.70. The molecule has 0 aliphatic rings. The van der Waals surface area contributed by atoms with E-state index in [2.05, 4.69) is 20.7 Å². The lowest BCUT2D eigenvalue weighted by Gasteiger charge is -2.11. The van der Waals surface area contributed by atoms with E-state index in [1.165, 1.54) is 42.5 Å². The van der Waals surface area contributed by atoms with Crippen LogP contribution in [0.25, 0.3) is 10.8 Å². The second-order valence-corrected chi connectivity index (χ2v) is 8.23. The number of aromatic hydroxyl groups is 1. The van der Waals surface area contributed by atoms with Gasteiger partial charge in [0.15, 0.2) is 0 Å². The summed E-state index contributed by atoms with van der Waals surface area (Å²) in [6.45, 7) is 1.75. The molecule has 0 radical (unpaired) electrons. The van der Waals surface area contributed by atoms with E-state index < -0.39 is 16.0 Å². The van der Waals surface area contributed by atoms with Crippen LogP contribution in [0.5, 0.6) is 5.75 Å². The van der Waals surface area contributed by atoms with Crippen LogP contribution in [0, 0.1) is 6.92 Å². The highest BCUT2D eigenvalue weighted by molar-refractivity contribution is 9.10. The Hall–Kier alpha value is -2.58. The molecular formula is C18H14BrNO5S. The molecule has 0 heterocycles. The Kier molecular flexibility index (Phi) is 4.64. The van der Waals surface area contributed by atoms with E-state index in [-0.39, 0.29) is 21.9 Å². The Labute approximate surface area is 158 Å². The average molecular weight is 436 g/mol. The van der Waals surface area contributed by atoms with Gasteiger partial charge in [-0.25, -0.2) is 13.2 Å². The van der Waals surface area contributed by atoms with Gasteiger partial charge in [-0.05, 0) is 65.7 Å². The fourth-order valence-corrected chi connectivity index (χ4v) is 4.18. The molecule has 0 unspecified atom stereocenters. The topological polar surface area (TPSA) is 104 Å². The number of sulfonamides is 1. The van der Waals surface area contributed by atoms with Crippen molar-refractivity contribution < 1.29 is 23.4 Å². The molecule has 6 nitrogen and oxygen atoms in total. The summed E-state index contributed by atoms with van der Waals surface area (Å²) in [6.07, 6.45) is 0. The first-order valence-corrected chi connectivity index (χ1v) is 9.74. The molecule has 0 aromatic heterocycles. The van der Waals surface area contributed by atoms with Gasteiger partial charge < -0.3 is 10.2 Å². The van der Waals surface area contributed by atoms with Crippen molar-refractivity contribution >= 4 is 48.4 Å². The van der Waals surface area contributed by atoms with Gasteiger partial charge in [-0.3, -0.25) is 4.72 Å². The highest BCUT2D eigenvalue weighted by atomic mass is 79.9. The molecular weight excluding hydrogens is 422 g/mol. The minimum atomic E-state index is -3.86. The zero-order chi connectivity index (χ0) is 19.1. The largest absolute Gasteiger partial charge is 0.508 e. The second kappa shape index (κ2) is 6.62. The standard InChI is InChI=1S/C18H14BrNO5S/c1-10-14-7-6-13(8-15(14)16(19)9-17(10)21)26(24,25)20-12-4-2-11(3-5-12)18(22)23/h2-9,20-21H,1H3,(H,22,23). The van der Waals surface area contributed by atoms with Crippen molar-refractivity contribution in [1.29, 1.82) is 0 Å². The summed E-state index contributed by atoms with van der Waals surface area (Å²) in [5.41, 5.74) is 0.985. The lowest BCUT2D eigenvalue weighted by Crippen LogP contribution is -2.13. The summed E-state index contributed by atoms with van der Waals surface area (Å²) in [5, 5.41) is 20.2. The Bertz CT molecular complexity index is 1120. The molecule has 0 aliphatic carbocycles.